The first-order chi connectivity index (χ1) is 26.3. The number of rotatable bonds is 4. The van der Waals surface area contributed by atoms with Crippen molar-refractivity contribution < 1.29 is 0 Å². The number of nitrogens with zero attached hydrogens (tertiary/aromatic N) is 3. The molecule has 0 radical (unpaired) electrons. The van der Waals surface area contributed by atoms with Crippen LogP contribution in [0.5, 0.6) is 0 Å². The molecule has 11 rings (SSSR count). The summed E-state index contributed by atoms with van der Waals surface area (Å²) in [5, 5.41) is 10.2. The first kappa shape index (κ1) is 29.7. The number of hydrogen-bond acceptors (Lipinski definition) is 3. The number of fused-ring (bicyclic) bond motifs is 11. The Kier molecular flexibility index (Phi) is 6.62. The molecule has 9 aromatic carbocycles. The Balaban J connectivity index is 1.08. The molecule has 1 heterocycles. The minimum atomic E-state index is 0.660. The molecule has 53 heavy (non-hydrogen) atoms. The summed E-state index contributed by atoms with van der Waals surface area (Å²) >= 11 is 0. The van der Waals surface area contributed by atoms with Crippen LogP contribution in [0.3, 0.4) is 0 Å². The summed E-state index contributed by atoms with van der Waals surface area (Å²) in [5.41, 5.74) is 10.4. The van der Waals surface area contributed by atoms with Crippen molar-refractivity contribution in [3.63, 3.8) is 0 Å². The molecular weight excluding hydrogens is 643 g/mol. The summed E-state index contributed by atoms with van der Waals surface area (Å²) in [6, 6.07) is 63.0. The smallest absolute Gasteiger partial charge is 0.164 e. The zero-order valence-corrected chi connectivity index (χ0v) is 28.8. The van der Waals surface area contributed by atoms with E-state index in [1.807, 2.05) is 18.2 Å². The second-order valence-corrected chi connectivity index (χ2v) is 13.9. The van der Waals surface area contributed by atoms with Crippen molar-refractivity contribution in [1.29, 1.82) is 0 Å². The van der Waals surface area contributed by atoms with Gasteiger partial charge in [-0.25, -0.2) is 15.0 Å². The average molecular weight is 674 g/mol. The van der Waals surface area contributed by atoms with Gasteiger partial charge in [0.25, 0.3) is 0 Å². The largest absolute Gasteiger partial charge is 0.208 e. The highest BCUT2D eigenvalue weighted by Crippen LogP contribution is 2.43. The highest BCUT2D eigenvalue weighted by Gasteiger charge is 2.23. The van der Waals surface area contributed by atoms with E-state index in [0.29, 0.717) is 17.5 Å². The summed E-state index contributed by atoms with van der Waals surface area (Å²) < 4.78 is 0. The molecule has 10 aromatic rings. The van der Waals surface area contributed by atoms with Gasteiger partial charge >= 0.3 is 0 Å². The minimum Gasteiger partial charge on any atom is -0.208 e. The van der Waals surface area contributed by atoms with Crippen molar-refractivity contribution in [2.45, 2.75) is 6.42 Å². The Morgan fingerprint density at radius 2 is 0.906 bits per heavy atom. The SMILES string of the molecule is c1ccc(-c2nc(-c3cccc(-c4ccc5c6ccccc6c6c7ccccc7ccc6c5c4)c3)nc(-c3cccc4c3Cc3ccccc3-4)n2)cc1. The molecule has 0 bridgehead atoms. The summed E-state index contributed by atoms with van der Waals surface area (Å²) in [6.45, 7) is 0. The summed E-state index contributed by atoms with van der Waals surface area (Å²) in [6.07, 6.45) is 0.862. The molecule has 0 N–H and O–H groups in total. The molecule has 0 spiro atoms. The zero-order chi connectivity index (χ0) is 34.9. The van der Waals surface area contributed by atoms with Gasteiger partial charge in [-0.3, -0.25) is 0 Å². The van der Waals surface area contributed by atoms with Gasteiger partial charge in [-0.2, -0.15) is 0 Å². The van der Waals surface area contributed by atoms with E-state index in [4.69, 9.17) is 15.0 Å². The number of benzene rings is 9. The molecule has 3 nitrogen and oxygen atoms in total. The van der Waals surface area contributed by atoms with Gasteiger partial charge in [0, 0.05) is 16.7 Å². The van der Waals surface area contributed by atoms with Gasteiger partial charge in [0.2, 0.25) is 0 Å². The van der Waals surface area contributed by atoms with E-state index in [9.17, 15) is 0 Å². The lowest BCUT2D eigenvalue weighted by molar-refractivity contribution is 1.07. The molecule has 0 unspecified atom stereocenters. The van der Waals surface area contributed by atoms with Crippen LogP contribution < -0.4 is 0 Å². The fourth-order valence-corrected chi connectivity index (χ4v) is 8.45. The van der Waals surface area contributed by atoms with E-state index in [0.717, 1.165) is 34.2 Å². The molecule has 0 aliphatic heterocycles. The van der Waals surface area contributed by atoms with Crippen LogP contribution in [-0.4, -0.2) is 15.0 Å². The molecule has 1 aliphatic rings. The van der Waals surface area contributed by atoms with E-state index in [-0.39, 0.29) is 0 Å². The molecule has 0 saturated carbocycles. The van der Waals surface area contributed by atoms with Gasteiger partial charge < -0.3 is 0 Å². The predicted molar refractivity (Wildman–Crippen MR) is 220 cm³/mol. The Morgan fingerprint density at radius 1 is 0.321 bits per heavy atom. The van der Waals surface area contributed by atoms with E-state index in [2.05, 4.69) is 158 Å². The summed E-state index contributed by atoms with van der Waals surface area (Å²) in [7, 11) is 0. The van der Waals surface area contributed by atoms with Crippen LogP contribution in [0.25, 0.3) is 99.5 Å². The number of aromatic nitrogens is 3. The first-order valence-electron chi connectivity index (χ1n) is 18.2. The molecule has 0 saturated heterocycles. The molecule has 1 aromatic heterocycles. The maximum absolute atomic E-state index is 5.21. The second-order valence-electron chi connectivity index (χ2n) is 13.9. The Bertz CT molecular complexity index is 3090. The van der Waals surface area contributed by atoms with Crippen LogP contribution in [0.2, 0.25) is 0 Å². The minimum absolute atomic E-state index is 0.660. The van der Waals surface area contributed by atoms with Crippen LogP contribution in [0.4, 0.5) is 0 Å². The summed E-state index contributed by atoms with van der Waals surface area (Å²) in [4.78, 5) is 15.4. The second kappa shape index (κ2) is 11.8. The normalized spacial score (nSPS) is 12.1. The monoisotopic (exact) mass is 673 g/mol. The van der Waals surface area contributed by atoms with E-state index >= 15 is 0 Å². The topological polar surface area (TPSA) is 38.7 Å². The fourth-order valence-electron chi connectivity index (χ4n) is 8.45. The van der Waals surface area contributed by atoms with Crippen molar-refractivity contribution in [3.05, 3.63) is 187 Å². The molecule has 0 fully saturated rings. The third-order valence-corrected chi connectivity index (χ3v) is 10.9. The molecule has 1 aliphatic carbocycles. The molecule has 0 atom stereocenters. The van der Waals surface area contributed by atoms with Crippen molar-refractivity contribution in [2.75, 3.05) is 0 Å². The van der Waals surface area contributed by atoms with Gasteiger partial charge in [-0.05, 0) is 95.0 Å². The van der Waals surface area contributed by atoms with Gasteiger partial charge in [0.05, 0.1) is 0 Å². The first-order valence-corrected chi connectivity index (χ1v) is 18.2. The highest BCUT2D eigenvalue weighted by atomic mass is 15.0. The quantitative estimate of drug-likeness (QED) is 0.175. The Hall–Kier alpha value is -6.97. The molecule has 246 valence electrons. The average Bonchev–Trinajstić information content (AvgIpc) is 3.62. The molecule has 0 amide bonds. The van der Waals surface area contributed by atoms with Crippen LogP contribution in [-0.2, 0) is 6.42 Å². The molecular formula is C50H31N3. The third-order valence-electron chi connectivity index (χ3n) is 10.9. The van der Waals surface area contributed by atoms with E-state index in [1.54, 1.807) is 0 Å². The maximum Gasteiger partial charge on any atom is 0.164 e. The van der Waals surface area contributed by atoms with Crippen molar-refractivity contribution in [3.8, 4) is 56.4 Å². The fraction of sp³-hybridized carbons (Fsp3) is 0.0200. The standard InChI is InChI=1S/C50H31N3/c1-2-13-32(14-3-1)48-51-49(53-50(52-48)44-23-11-22-39-37-18-6-5-15-35(37)30-46(39)44)36-17-10-16-33(28-36)34-25-26-41-40-20-8-9-21-42(40)47-38-19-7-4-12-31(38)24-27-43(47)45(41)29-34/h1-29H,30H2. The van der Waals surface area contributed by atoms with Gasteiger partial charge in [-0.15, -0.1) is 0 Å². The van der Waals surface area contributed by atoms with Crippen LogP contribution in [0.15, 0.2) is 176 Å². The third kappa shape index (κ3) is 4.78. The van der Waals surface area contributed by atoms with Crippen molar-refractivity contribution in [1.82, 2.24) is 15.0 Å². The Morgan fingerprint density at radius 3 is 1.81 bits per heavy atom. The predicted octanol–water partition coefficient (Wildman–Crippen LogP) is 12.7. The zero-order valence-electron chi connectivity index (χ0n) is 28.8. The van der Waals surface area contributed by atoms with Crippen LogP contribution in [0.1, 0.15) is 11.1 Å². The van der Waals surface area contributed by atoms with Gasteiger partial charge in [0.1, 0.15) is 0 Å². The lowest BCUT2D eigenvalue weighted by Crippen LogP contribution is -2.02. The van der Waals surface area contributed by atoms with Crippen molar-refractivity contribution >= 4 is 43.1 Å². The molecule has 3 heteroatoms. The Labute approximate surface area is 306 Å². The lowest BCUT2D eigenvalue weighted by atomic mass is 9.89. The maximum atomic E-state index is 5.21. The van der Waals surface area contributed by atoms with E-state index in [1.165, 1.54) is 65.3 Å². The number of hydrogen-bond donors (Lipinski definition) is 0. The summed E-state index contributed by atoms with van der Waals surface area (Å²) in [5.74, 6) is 2.02. The lowest BCUT2D eigenvalue weighted by Gasteiger charge is -2.14. The van der Waals surface area contributed by atoms with Crippen LogP contribution in [0, 0.1) is 0 Å². The van der Waals surface area contributed by atoms with Crippen molar-refractivity contribution in [2.24, 2.45) is 0 Å². The van der Waals surface area contributed by atoms with Gasteiger partial charge in [0.15, 0.2) is 17.5 Å². The highest BCUT2D eigenvalue weighted by molar-refractivity contribution is 6.31. The van der Waals surface area contributed by atoms with Crippen LogP contribution >= 0.6 is 0 Å². The van der Waals surface area contributed by atoms with E-state index < -0.39 is 0 Å². The van der Waals surface area contributed by atoms with Gasteiger partial charge in [-0.1, -0.05) is 164 Å².